The molecule has 0 bridgehead atoms. The molecule has 0 saturated heterocycles. The first-order valence-corrected chi connectivity index (χ1v) is 6.47. The van der Waals surface area contributed by atoms with Crippen LogP contribution >= 0.6 is 23.2 Å². The SMILES string of the molecule is O=C(O)c1cc(NC(=O)c2c(Cl)cccc2Cl)ccc1O. The number of carbonyl (C=O) groups excluding carboxylic acids is 1. The highest BCUT2D eigenvalue weighted by atomic mass is 35.5. The number of halogens is 2. The molecule has 3 N–H and O–H groups in total. The lowest BCUT2D eigenvalue weighted by Crippen LogP contribution is -2.13. The van der Waals surface area contributed by atoms with Gasteiger partial charge in [0.1, 0.15) is 11.3 Å². The van der Waals surface area contributed by atoms with E-state index in [1.807, 2.05) is 0 Å². The lowest BCUT2D eigenvalue weighted by atomic mass is 10.1. The van der Waals surface area contributed by atoms with Gasteiger partial charge in [0.15, 0.2) is 0 Å². The molecule has 0 saturated carbocycles. The number of rotatable bonds is 3. The Morgan fingerprint density at radius 1 is 1.05 bits per heavy atom. The van der Waals surface area contributed by atoms with E-state index in [4.69, 9.17) is 28.3 Å². The van der Waals surface area contributed by atoms with Crippen molar-refractivity contribution in [1.29, 1.82) is 0 Å². The first-order chi connectivity index (χ1) is 9.90. The van der Waals surface area contributed by atoms with Crippen molar-refractivity contribution >= 4 is 40.8 Å². The predicted molar refractivity (Wildman–Crippen MR) is 79.5 cm³/mol. The summed E-state index contributed by atoms with van der Waals surface area (Å²) in [5.74, 6) is -2.27. The van der Waals surface area contributed by atoms with Crippen LogP contribution in [0.2, 0.25) is 10.0 Å². The number of aromatic hydroxyl groups is 1. The number of amides is 1. The molecular formula is C14H9Cl2NO4. The smallest absolute Gasteiger partial charge is 0.339 e. The van der Waals surface area contributed by atoms with Crippen LogP contribution in [0.3, 0.4) is 0 Å². The number of carboxylic acid groups (broad SMARTS) is 1. The van der Waals surface area contributed by atoms with Gasteiger partial charge in [-0.05, 0) is 30.3 Å². The number of carboxylic acids is 1. The molecule has 0 radical (unpaired) electrons. The molecule has 0 aliphatic carbocycles. The topological polar surface area (TPSA) is 86.6 Å². The summed E-state index contributed by atoms with van der Waals surface area (Å²) in [5.41, 5.74) is -0.0324. The Morgan fingerprint density at radius 2 is 1.67 bits per heavy atom. The number of hydrogen-bond donors (Lipinski definition) is 3. The van der Waals surface area contributed by atoms with Crippen LogP contribution in [0.15, 0.2) is 36.4 Å². The van der Waals surface area contributed by atoms with Crippen molar-refractivity contribution in [2.45, 2.75) is 0 Å². The van der Waals surface area contributed by atoms with Gasteiger partial charge in [-0.15, -0.1) is 0 Å². The summed E-state index contributed by atoms with van der Waals surface area (Å²) in [7, 11) is 0. The van der Waals surface area contributed by atoms with Gasteiger partial charge in [0.2, 0.25) is 0 Å². The third-order valence-electron chi connectivity index (χ3n) is 2.67. The number of benzene rings is 2. The van der Waals surface area contributed by atoms with E-state index in [0.29, 0.717) is 0 Å². The van der Waals surface area contributed by atoms with Gasteiger partial charge in [-0.1, -0.05) is 29.3 Å². The molecular weight excluding hydrogens is 317 g/mol. The van der Waals surface area contributed by atoms with Crippen LogP contribution in [0.5, 0.6) is 5.75 Å². The summed E-state index contributed by atoms with van der Waals surface area (Å²) >= 11 is 11.8. The second-order valence-corrected chi connectivity index (χ2v) is 4.90. The summed E-state index contributed by atoms with van der Waals surface area (Å²) in [6, 6.07) is 8.31. The van der Waals surface area contributed by atoms with Crippen LogP contribution in [-0.2, 0) is 0 Å². The van der Waals surface area contributed by atoms with E-state index in [2.05, 4.69) is 5.32 Å². The van der Waals surface area contributed by atoms with Gasteiger partial charge in [0.25, 0.3) is 5.91 Å². The second kappa shape index (κ2) is 6.03. The van der Waals surface area contributed by atoms with E-state index in [0.717, 1.165) is 6.07 Å². The van der Waals surface area contributed by atoms with Gasteiger partial charge in [0.05, 0.1) is 15.6 Å². The maximum Gasteiger partial charge on any atom is 0.339 e. The van der Waals surface area contributed by atoms with Crippen molar-refractivity contribution in [2.24, 2.45) is 0 Å². The number of anilines is 1. The quantitative estimate of drug-likeness (QED) is 0.752. The maximum absolute atomic E-state index is 12.1. The fourth-order valence-electron chi connectivity index (χ4n) is 1.69. The van der Waals surface area contributed by atoms with Gasteiger partial charge >= 0.3 is 5.97 Å². The van der Waals surface area contributed by atoms with Gasteiger partial charge in [-0.25, -0.2) is 4.79 Å². The fraction of sp³-hybridized carbons (Fsp3) is 0. The lowest BCUT2D eigenvalue weighted by molar-refractivity contribution is 0.0693. The first kappa shape index (κ1) is 15.2. The number of aromatic carboxylic acids is 1. The third kappa shape index (κ3) is 3.26. The summed E-state index contributed by atoms with van der Waals surface area (Å²) < 4.78 is 0. The highest BCUT2D eigenvalue weighted by molar-refractivity contribution is 6.40. The summed E-state index contributed by atoms with van der Waals surface area (Å²) in [6.45, 7) is 0. The van der Waals surface area contributed by atoms with E-state index >= 15 is 0 Å². The van der Waals surface area contributed by atoms with E-state index in [1.54, 1.807) is 6.07 Å². The lowest BCUT2D eigenvalue weighted by Gasteiger charge is -2.09. The molecule has 5 nitrogen and oxygen atoms in total. The van der Waals surface area contributed by atoms with Gasteiger partial charge in [-0.2, -0.15) is 0 Å². The Labute approximate surface area is 129 Å². The minimum atomic E-state index is -1.31. The third-order valence-corrected chi connectivity index (χ3v) is 3.30. The largest absolute Gasteiger partial charge is 0.507 e. The van der Waals surface area contributed by atoms with Crippen LogP contribution in [-0.4, -0.2) is 22.1 Å². The van der Waals surface area contributed by atoms with E-state index < -0.39 is 17.6 Å². The minimum absolute atomic E-state index is 0.0887. The zero-order chi connectivity index (χ0) is 15.6. The summed E-state index contributed by atoms with van der Waals surface area (Å²) in [4.78, 5) is 23.1. The molecule has 2 rings (SSSR count). The molecule has 0 aromatic heterocycles. The normalized spacial score (nSPS) is 10.2. The van der Waals surface area contributed by atoms with Crippen LogP contribution in [0, 0.1) is 0 Å². The average molecular weight is 326 g/mol. The Bertz CT molecular complexity index is 711. The van der Waals surface area contributed by atoms with E-state index in [1.165, 1.54) is 24.3 Å². The number of carbonyl (C=O) groups is 2. The molecule has 7 heteroatoms. The Hall–Kier alpha value is -2.24. The summed E-state index contributed by atoms with van der Waals surface area (Å²) in [5, 5.41) is 21.2. The Balaban J connectivity index is 2.32. The van der Waals surface area contributed by atoms with Crippen LogP contribution in [0.1, 0.15) is 20.7 Å². The molecule has 0 atom stereocenters. The Morgan fingerprint density at radius 3 is 2.24 bits per heavy atom. The highest BCUT2D eigenvalue weighted by Gasteiger charge is 2.16. The fourth-order valence-corrected chi connectivity index (χ4v) is 2.26. The summed E-state index contributed by atoms with van der Waals surface area (Å²) in [6.07, 6.45) is 0. The number of phenols is 1. The zero-order valence-corrected chi connectivity index (χ0v) is 11.9. The van der Waals surface area contributed by atoms with Gasteiger partial charge in [-0.3, -0.25) is 4.79 Å². The molecule has 108 valence electrons. The van der Waals surface area contributed by atoms with Crippen molar-refractivity contribution in [3.8, 4) is 5.75 Å². The van der Waals surface area contributed by atoms with Crippen molar-refractivity contribution in [2.75, 3.05) is 5.32 Å². The number of hydrogen-bond acceptors (Lipinski definition) is 3. The number of nitrogens with one attached hydrogen (secondary N) is 1. The molecule has 0 fully saturated rings. The molecule has 0 spiro atoms. The van der Waals surface area contributed by atoms with Crippen molar-refractivity contribution in [3.05, 3.63) is 57.6 Å². The molecule has 0 heterocycles. The van der Waals surface area contributed by atoms with Gasteiger partial charge in [0, 0.05) is 5.69 Å². The van der Waals surface area contributed by atoms with E-state index in [9.17, 15) is 14.7 Å². The molecule has 21 heavy (non-hydrogen) atoms. The maximum atomic E-state index is 12.1. The molecule has 0 aliphatic heterocycles. The molecule has 0 aliphatic rings. The monoisotopic (exact) mass is 325 g/mol. The zero-order valence-electron chi connectivity index (χ0n) is 10.4. The molecule has 2 aromatic carbocycles. The van der Waals surface area contributed by atoms with Gasteiger partial charge < -0.3 is 15.5 Å². The average Bonchev–Trinajstić information content (AvgIpc) is 2.40. The minimum Gasteiger partial charge on any atom is -0.507 e. The van der Waals surface area contributed by atoms with Crippen LogP contribution < -0.4 is 5.32 Å². The van der Waals surface area contributed by atoms with Crippen molar-refractivity contribution < 1.29 is 19.8 Å². The van der Waals surface area contributed by atoms with Crippen LogP contribution in [0.4, 0.5) is 5.69 Å². The van der Waals surface area contributed by atoms with Crippen LogP contribution in [0.25, 0.3) is 0 Å². The highest BCUT2D eigenvalue weighted by Crippen LogP contribution is 2.26. The van der Waals surface area contributed by atoms with E-state index in [-0.39, 0.29) is 26.9 Å². The first-order valence-electron chi connectivity index (χ1n) is 5.72. The molecule has 0 unspecified atom stereocenters. The van der Waals surface area contributed by atoms with Crippen molar-refractivity contribution in [3.63, 3.8) is 0 Å². The standard InChI is InChI=1S/C14H9Cl2NO4/c15-9-2-1-3-10(16)12(9)13(19)17-7-4-5-11(18)8(6-7)14(20)21/h1-6,18H,(H,17,19)(H,20,21). The van der Waals surface area contributed by atoms with Crippen molar-refractivity contribution in [1.82, 2.24) is 0 Å². The Kier molecular flexibility index (Phi) is 4.35. The molecule has 2 aromatic rings. The molecule has 1 amide bonds. The second-order valence-electron chi connectivity index (χ2n) is 4.09. The predicted octanol–water partition coefficient (Wildman–Crippen LogP) is 3.65.